The number of carbonyl (C=O) groups is 2. The highest BCUT2D eigenvalue weighted by Gasteiger charge is 2.22. The number of nitrogens with zero attached hydrogens (tertiary/aromatic N) is 7. The summed E-state index contributed by atoms with van der Waals surface area (Å²) in [4.78, 5) is 50.0. The molecule has 2 amide bonds. The van der Waals surface area contributed by atoms with Gasteiger partial charge < -0.3 is 45.7 Å². The summed E-state index contributed by atoms with van der Waals surface area (Å²) in [6, 6.07) is 20.3. The number of hydrogen-bond acceptors (Lipinski definition) is 13. The van der Waals surface area contributed by atoms with Gasteiger partial charge in [0.25, 0.3) is 0 Å². The van der Waals surface area contributed by atoms with Crippen LogP contribution in [0.2, 0.25) is 0 Å². The minimum absolute atomic E-state index is 0.106. The monoisotopic (exact) mass is 766 g/mol. The van der Waals surface area contributed by atoms with E-state index < -0.39 is 18.0 Å². The number of fused-ring (bicyclic) bond motifs is 1. The third-order valence-electron chi connectivity index (χ3n) is 8.90. The first-order valence-corrected chi connectivity index (χ1v) is 18.0. The molecule has 3 heterocycles. The number of H-pyrrole nitrogens is 1. The van der Waals surface area contributed by atoms with Gasteiger partial charge in [-0.25, -0.2) is 14.2 Å². The van der Waals surface area contributed by atoms with Crippen molar-refractivity contribution >= 4 is 46.6 Å². The number of nitriles is 1. The van der Waals surface area contributed by atoms with Gasteiger partial charge in [-0.05, 0) is 47.5 Å². The first-order chi connectivity index (χ1) is 27.2. The summed E-state index contributed by atoms with van der Waals surface area (Å²) in [6.07, 6.45) is -0.661. The standard InChI is InChI=1S/C38H43FN12O5/c1-55-17-18-56-16-11-41-34(52)32(20-25-5-7-26(22-40)8-6-25)46-37-48-35(42-23-33-44-30-10-9-28(39)21-31(30)45-33)47-36(49-37)43-29-4-2-3-27(19-29)24-50-12-14-51(15-13-50)38(53)54/h2-10,19,21,32H,11-18,20,23-24H2,1H3,(H,41,52)(H,44,45)(H,53,54)(H3,42,43,46,47,48,49)/t32-/m0/s1. The Balaban J connectivity index is 1.22. The fourth-order valence-corrected chi connectivity index (χ4v) is 6.02. The maximum atomic E-state index is 13.8. The van der Waals surface area contributed by atoms with Crippen LogP contribution in [0.1, 0.15) is 22.5 Å². The molecule has 6 rings (SSSR count). The summed E-state index contributed by atoms with van der Waals surface area (Å²) >= 11 is 0. The van der Waals surface area contributed by atoms with Gasteiger partial charge in [-0.2, -0.15) is 20.2 Å². The molecule has 5 aromatic rings. The molecule has 1 aliphatic rings. The van der Waals surface area contributed by atoms with E-state index in [-0.39, 0.29) is 43.3 Å². The molecule has 0 aliphatic carbocycles. The predicted molar refractivity (Wildman–Crippen MR) is 206 cm³/mol. The number of aromatic nitrogens is 5. The smallest absolute Gasteiger partial charge is 0.407 e. The SMILES string of the molecule is COCCOCCNC(=O)[C@H](Cc1ccc(C#N)cc1)Nc1nc(NCc2nc3cc(F)ccc3[nH]2)nc(Nc2cccc(CN3CCN(C(=O)O)CC3)c2)n1. The Bertz CT molecular complexity index is 2140. The lowest BCUT2D eigenvalue weighted by molar-refractivity contribution is -0.122. The van der Waals surface area contributed by atoms with E-state index >= 15 is 0 Å². The van der Waals surface area contributed by atoms with Crippen LogP contribution >= 0.6 is 0 Å². The molecule has 18 heteroatoms. The van der Waals surface area contributed by atoms with Gasteiger partial charge in [-0.3, -0.25) is 9.69 Å². The minimum Gasteiger partial charge on any atom is -0.465 e. The highest BCUT2D eigenvalue weighted by atomic mass is 19.1. The van der Waals surface area contributed by atoms with Crippen molar-refractivity contribution in [1.82, 2.24) is 40.0 Å². The lowest BCUT2D eigenvalue weighted by Gasteiger charge is -2.33. The maximum absolute atomic E-state index is 13.8. The Kier molecular flexibility index (Phi) is 13.5. The molecule has 0 spiro atoms. The van der Waals surface area contributed by atoms with Crippen molar-refractivity contribution in [3.05, 3.63) is 95.1 Å². The molecule has 1 atom stereocenters. The number of ether oxygens (including phenoxy) is 2. The molecule has 17 nitrogen and oxygen atoms in total. The van der Waals surface area contributed by atoms with E-state index in [0.29, 0.717) is 80.7 Å². The molecule has 1 saturated heterocycles. The molecule has 0 bridgehead atoms. The highest BCUT2D eigenvalue weighted by molar-refractivity contribution is 5.84. The number of halogens is 1. The number of piperazine rings is 1. The Morgan fingerprint density at radius 2 is 1.73 bits per heavy atom. The van der Waals surface area contributed by atoms with E-state index in [2.05, 4.69) is 57.2 Å². The molecular formula is C38H43FN12O5. The third-order valence-corrected chi connectivity index (χ3v) is 8.90. The number of carboxylic acid groups (broad SMARTS) is 1. The summed E-state index contributed by atoms with van der Waals surface area (Å²) in [5.74, 6) is 0.282. The number of carbonyl (C=O) groups excluding carboxylic acids is 1. The zero-order valence-corrected chi connectivity index (χ0v) is 30.8. The number of imidazole rings is 1. The van der Waals surface area contributed by atoms with Crippen LogP contribution in [0.15, 0.2) is 66.7 Å². The Morgan fingerprint density at radius 3 is 2.50 bits per heavy atom. The average Bonchev–Trinajstić information content (AvgIpc) is 3.61. The molecule has 0 radical (unpaired) electrons. The minimum atomic E-state index is -0.909. The van der Waals surface area contributed by atoms with Gasteiger partial charge in [0.15, 0.2) is 0 Å². The first kappa shape index (κ1) is 39.3. The van der Waals surface area contributed by atoms with Crippen LogP contribution in [0, 0.1) is 17.1 Å². The summed E-state index contributed by atoms with van der Waals surface area (Å²) in [5, 5.41) is 31.1. The lowest BCUT2D eigenvalue weighted by Crippen LogP contribution is -2.47. The van der Waals surface area contributed by atoms with Crippen molar-refractivity contribution in [1.29, 1.82) is 5.26 Å². The highest BCUT2D eigenvalue weighted by Crippen LogP contribution is 2.21. The number of rotatable bonds is 18. The van der Waals surface area contributed by atoms with Gasteiger partial charge in [-0.1, -0.05) is 24.3 Å². The van der Waals surface area contributed by atoms with E-state index in [1.165, 1.54) is 17.0 Å². The number of aromatic amines is 1. The molecule has 3 aromatic carbocycles. The van der Waals surface area contributed by atoms with Gasteiger partial charge in [0.1, 0.15) is 17.7 Å². The van der Waals surface area contributed by atoms with Crippen LogP contribution < -0.4 is 21.3 Å². The van der Waals surface area contributed by atoms with E-state index in [0.717, 1.165) is 11.1 Å². The van der Waals surface area contributed by atoms with E-state index in [1.54, 1.807) is 37.4 Å². The van der Waals surface area contributed by atoms with Crippen molar-refractivity contribution in [3.8, 4) is 6.07 Å². The Labute approximate surface area is 322 Å². The van der Waals surface area contributed by atoms with Crippen molar-refractivity contribution in [2.45, 2.75) is 25.6 Å². The molecule has 2 aromatic heterocycles. The van der Waals surface area contributed by atoms with Gasteiger partial charge in [0, 0.05) is 64.6 Å². The van der Waals surface area contributed by atoms with E-state index in [9.17, 15) is 24.3 Å². The zero-order chi connectivity index (χ0) is 39.3. The number of methoxy groups -OCH3 is 1. The molecule has 0 saturated carbocycles. The second-order valence-electron chi connectivity index (χ2n) is 13.0. The topological polar surface area (TPSA) is 219 Å². The normalized spacial score (nSPS) is 13.6. The fourth-order valence-electron chi connectivity index (χ4n) is 6.02. The van der Waals surface area contributed by atoms with Crippen LogP contribution in [-0.2, 0) is 33.8 Å². The van der Waals surface area contributed by atoms with Crippen molar-refractivity contribution in [3.63, 3.8) is 0 Å². The maximum Gasteiger partial charge on any atom is 0.407 e. The van der Waals surface area contributed by atoms with Crippen LogP contribution in [0.4, 0.5) is 32.7 Å². The van der Waals surface area contributed by atoms with Crippen LogP contribution in [-0.4, -0.2) is 118 Å². The van der Waals surface area contributed by atoms with Crippen molar-refractivity contribution in [2.24, 2.45) is 0 Å². The molecule has 1 fully saturated rings. The van der Waals surface area contributed by atoms with Gasteiger partial charge in [0.05, 0.1) is 49.0 Å². The molecule has 0 unspecified atom stereocenters. The van der Waals surface area contributed by atoms with Gasteiger partial charge >= 0.3 is 6.09 Å². The van der Waals surface area contributed by atoms with Gasteiger partial charge in [0.2, 0.25) is 23.8 Å². The summed E-state index contributed by atoms with van der Waals surface area (Å²) < 4.78 is 24.3. The van der Waals surface area contributed by atoms with Gasteiger partial charge in [-0.15, -0.1) is 0 Å². The lowest BCUT2D eigenvalue weighted by atomic mass is 10.0. The third kappa shape index (κ3) is 11.3. The average molecular weight is 767 g/mol. The number of amides is 2. The molecule has 6 N–H and O–H groups in total. The molecular weight excluding hydrogens is 723 g/mol. The first-order valence-electron chi connectivity index (χ1n) is 18.0. The van der Waals surface area contributed by atoms with Crippen molar-refractivity contribution in [2.75, 3.05) is 75.6 Å². The fraction of sp³-hybridized carbons (Fsp3) is 0.342. The number of anilines is 4. The molecule has 56 heavy (non-hydrogen) atoms. The van der Waals surface area contributed by atoms with Crippen molar-refractivity contribution < 1.29 is 28.6 Å². The van der Waals surface area contributed by atoms with Crippen LogP contribution in [0.25, 0.3) is 11.0 Å². The second kappa shape index (κ2) is 19.3. The zero-order valence-electron chi connectivity index (χ0n) is 30.8. The molecule has 1 aliphatic heterocycles. The summed E-state index contributed by atoms with van der Waals surface area (Å²) in [7, 11) is 1.58. The number of nitrogens with one attached hydrogen (secondary N) is 5. The predicted octanol–water partition coefficient (Wildman–Crippen LogP) is 3.71. The largest absolute Gasteiger partial charge is 0.465 e. The summed E-state index contributed by atoms with van der Waals surface area (Å²) in [5.41, 5.74) is 4.17. The second-order valence-corrected chi connectivity index (χ2v) is 13.0. The molecule has 292 valence electrons. The van der Waals surface area contributed by atoms with E-state index in [1.807, 2.05) is 24.3 Å². The van der Waals surface area contributed by atoms with Crippen LogP contribution in [0.5, 0.6) is 0 Å². The quantitative estimate of drug-likeness (QED) is 0.0701. The Hall–Kier alpha value is -6.42. The summed E-state index contributed by atoms with van der Waals surface area (Å²) in [6.45, 7) is 4.33. The van der Waals surface area contributed by atoms with E-state index in [4.69, 9.17) is 9.47 Å². The van der Waals surface area contributed by atoms with Crippen LogP contribution in [0.3, 0.4) is 0 Å². The number of hydrogen-bond donors (Lipinski definition) is 6. The number of benzene rings is 3. The Morgan fingerprint density at radius 1 is 0.946 bits per heavy atom.